The smallest absolute Gasteiger partial charge is 0.312 e. The van der Waals surface area contributed by atoms with Crippen LogP contribution in [0.15, 0.2) is 24.3 Å². The average Bonchev–Trinajstić information content (AvgIpc) is 2.35. The second kappa shape index (κ2) is 6.20. The molecule has 19 heavy (non-hydrogen) atoms. The third-order valence-electron chi connectivity index (χ3n) is 2.98. The van der Waals surface area contributed by atoms with E-state index in [4.69, 9.17) is 4.74 Å². The topological polar surface area (TPSA) is 46.5 Å². The monoisotopic (exact) mass is 264 g/mol. The fraction of sp³-hybridized carbons (Fsp3) is 0.562. The highest BCUT2D eigenvalue weighted by Crippen LogP contribution is 2.25. The molecule has 0 aliphatic carbocycles. The first-order chi connectivity index (χ1) is 8.74. The Morgan fingerprint density at radius 2 is 1.79 bits per heavy atom. The molecule has 2 unspecified atom stereocenters. The summed E-state index contributed by atoms with van der Waals surface area (Å²) in [6.45, 7) is 9.22. The zero-order chi connectivity index (χ0) is 14.6. The van der Waals surface area contributed by atoms with Gasteiger partial charge in [-0.1, -0.05) is 31.2 Å². The second-order valence-corrected chi connectivity index (χ2v) is 5.86. The maximum absolute atomic E-state index is 11.9. The van der Waals surface area contributed by atoms with Crippen LogP contribution in [-0.2, 0) is 16.0 Å². The van der Waals surface area contributed by atoms with Crippen molar-refractivity contribution in [1.82, 2.24) is 0 Å². The van der Waals surface area contributed by atoms with Crippen LogP contribution >= 0.6 is 0 Å². The average molecular weight is 264 g/mol. The van der Waals surface area contributed by atoms with Gasteiger partial charge in [0.1, 0.15) is 5.60 Å². The normalized spacial score (nSPS) is 14.8. The number of hydrogen-bond donors (Lipinski definition) is 1. The molecule has 3 nitrogen and oxygen atoms in total. The zero-order valence-corrected chi connectivity index (χ0v) is 12.4. The van der Waals surface area contributed by atoms with Gasteiger partial charge in [-0.2, -0.15) is 0 Å². The summed E-state index contributed by atoms with van der Waals surface area (Å²) in [5.41, 5.74) is 1.42. The summed E-state index contributed by atoms with van der Waals surface area (Å²) in [6.07, 6.45) is 0.124. The third kappa shape index (κ3) is 4.67. The SMILES string of the molecule is CCc1ccc(C(O)C(C)C(=O)OC(C)(C)C)cc1. The molecule has 0 saturated carbocycles. The number of aliphatic hydroxyl groups is 1. The summed E-state index contributed by atoms with van der Waals surface area (Å²) in [6, 6.07) is 7.68. The molecule has 0 radical (unpaired) electrons. The van der Waals surface area contributed by atoms with Crippen LogP contribution in [0.1, 0.15) is 51.8 Å². The summed E-state index contributed by atoms with van der Waals surface area (Å²) >= 11 is 0. The lowest BCUT2D eigenvalue weighted by Gasteiger charge is -2.24. The molecule has 0 saturated heterocycles. The van der Waals surface area contributed by atoms with Gasteiger partial charge in [-0.05, 0) is 45.2 Å². The van der Waals surface area contributed by atoms with Crippen LogP contribution in [0, 0.1) is 5.92 Å². The molecule has 0 bridgehead atoms. The number of carbonyl (C=O) groups excluding carboxylic acids is 1. The maximum Gasteiger partial charge on any atom is 0.312 e. The van der Waals surface area contributed by atoms with E-state index in [1.807, 2.05) is 45.0 Å². The Kier molecular flexibility index (Phi) is 5.12. The fourth-order valence-electron chi connectivity index (χ4n) is 1.76. The Labute approximate surface area is 115 Å². The lowest BCUT2D eigenvalue weighted by molar-refractivity contribution is -0.163. The molecule has 0 fully saturated rings. The van der Waals surface area contributed by atoms with Crippen molar-refractivity contribution in [2.45, 2.75) is 52.7 Å². The molecule has 1 N–H and O–H groups in total. The summed E-state index contributed by atoms with van der Waals surface area (Å²) < 4.78 is 5.29. The first kappa shape index (κ1) is 15.7. The Bertz CT molecular complexity index is 415. The molecule has 3 heteroatoms. The first-order valence-corrected chi connectivity index (χ1v) is 6.74. The molecular weight excluding hydrogens is 240 g/mol. The van der Waals surface area contributed by atoms with Crippen LogP contribution in [0.2, 0.25) is 0 Å². The lowest BCUT2D eigenvalue weighted by Crippen LogP contribution is -2.30. The van der Waals surface area contributed by atoms with Gasteiger partial charge in [0.25, 0.3) is 0 Å². The largest absolute Gasteiger partial charge is 0.460 e. The Morgan fingerprint density at radius 1 is 1.26 bits per heavy atom. The Balaban J connectivity index is 2.75. The van der Waals surface area contributed by atoms with Crippen LogP contribution in [0.5, 0.6) is 0 Å². The van der Waals surface area contributed by atoms with Gasteiger partial charge in [-0.25, -0.2) is 0 Å². The number of hydrogen-bond acceptors (Lipinski definition) is 3. The number of ether oxygens (including phenoxy) is 1. The van der Waals surface area contributed by atoms with Crippen molar-refractivity contribution in [1.29, 1.82) is 0 Å². The van der Waals surface area contributed by atoms with Crippen molar-refractivity contribution in [2.24, 2.45) is 5.92 Å². The van der Waals surface area contributed by atoms with Crippen molar-refractivity contribution < 1.29 is 14.6 Å². The highest BCUT2D eigenvalue weighted by molar-refractivity contribution is 5.73. The van der Waals surface area contributed by atoms with Gasteiger partial charge in [0.15, 0.2) is 0 Å². The molecule has 106 valence electrons. The van der Waals surface area contributed by atoms with Gasteiger partial charge < -0.3 is 9.84 Å². The summed E-state index contributed by atoms with van der Waals surface area (Å²) in [5, 5.41) is 10.2. The van der Waals surface area contributed by atoms with E-state index in [2.05, 4.69) is 6.92 Å². The number of rotatable bonds is 4. The van der Waals surface area contributed by atoms with Gasteiger partial charge in [0.2, 0.25) is 0 Å². The number of aryl methyl sites for hydroxylation is 1. The summed E-state index contributed by atoms with van der Waals surface area (Å²) in [5.74, 6) is -0.953. The minimum Gasteiger partial charge on any atom is -0.460 e. The quantitative estimate of drug-likeness (QED) is 0.849. The standard InChI is InChI=1S/C16H24O3/c1-6-12-7-9-13(10-8-12)14(17)11(2)15(18)19-16(3,4)5/h7-11,14,17H,6H2,1-5H3. The molecule has 2 atom stereocenters. The van der Waals surface area contributed by atoms with Crippen LogP contribution < -0.4 is 0 Å². The minimum absolute atomic E-state index is 0.375. The second-order valence-electron chi connectivity index (χ2n) is 5.86. The minimum atomic E-state index is -0.833. The van der Waals surface area contributed by atoms with E-state index in [-0.39, 0.29) is 5.97 Å². The zero-order valence-electron chi connectivity index (χ0n) is 12.4. The Hall–Kier alpha value is -1.35. The third-order valence-corrected chi connectivity index (χ3v) is 2.98. The van der Waals surface area contributed by atoms with Gasteiger partial charge in [-0.3, -0.25) is 4.79 Å². The molecular formula is C16H24O3. The highest BCUT2D eigenvalue weighted by Gasteiger charge is 2.28. The summed E-state index contributed by atoms with van der Waals surface area (Å²) in [7, 11) is 0. The van der Waals surface area contributed by atoms with Crippen molar-refractivity contribution >= 4 is 5.97 Å². The number of aliphatic hydroxyl groups excluding tert-OH is 1. The Morgan fingerprint density at radius 3 is 2.21 bits per heavy atom. The van der Waals surface area contributed by atoms with E-state index in [9.17, 15) is 9.90 Å². The van der Waals surface area contributed by atoms with E-state index in [1.165, 1.54) is 5.56 Å². The highest BCUT2D eigenvalue weighted by atomic mass is 16.6. The molecule has 1 aromatic carbocycles. The molecule has 0 amide bonds. The summed E-state index contributed by atoms with van der Waals surface area (Å²) in [4.78, 5) is 11.9. The molecule has 1 rings (SSSR count). The van der Waals surface area contributed by atoms with Crippen LogP contribution in [0.25, 0.3) is 0 Å². The van der Waals surface area contributed by atoms with Gasteiger partial charge in [0, 0.05) is 0 Å². The molecule has 0 spiro atoms. The van der Waals surface area contributed by atoms with Crippen LogP contribution in [0.4, 0.5) is 0 Å². The number of esters is 1. The van der Waals surface area contributed by atoms with Crippen molar-refractivity contribution in [2.75, 3.05) is 0 Å². The van der Waals surface area contributed by atoms with Crippen LogP contribution in [-0.4, -0.2) is 16.7 Å². The molecule has 0 aromatic heterocycles. The van der Waals surface area contributed by atoms with Crippen molar-refractivity contribution in [3.05, 3.63) is 35.4 Å². The van der Waals surface area contributed by atoms with Crippen molar-refractivity contribution in [3.63, 3.8) is 0 Å². The molecule has 0 aliphatic rings. The fourth-order valence-corrected chi connectivity index (χ4v) is 1.76. The molecule has 1 aromatic rings. The van der Waals surface area contributed by atoms with E-state index in [0.717, 1.165) is 12.0 Å². The van der Waals surface area contributed by atoms with E-state index >= 15 is 0 Å². The lowest BCUT2D eigenvalue weighted by atomic mass is 9.96. The van der Waals surface area contributed by atoms with E-state index in [0.29, 0.717) is 0 Å². The van der Waals surface area contributed by atoms with E-state index < -0.39 is 17.6 Å². The van der Waals surface area contributed by atoms with Crippen molar-refractivity contribution in [3.8, 4) is 0 Å². The first-order valence-electron chi connectivity index (χ1n) is 6.74. The molecule has 0 aliphatic heterocycles. The van der Waals surface area contributed by atoms with Gasteiger partial charge >= 0.3 is 5.97 Å². The predicted molar refractivity (Wildman–Crippen MR) is 75.8 cm³/mol. The maximum atomic E-state index is 11.9. The van der Waals surface area contributed by atoms with Gasteiger partial charge in [-0.15, -0.1) is 0 Å². The van der Waals surface area contributed by atoms with E-state index in [1.54, 1.807) is 6.92 Å². The molecule has 0 heterocycles. The van der Waals surface area contributed by atoms with Crippen LogP contribution in [0.3, 0.4) is 0 Å². The number of carbonyl (C=O) groups is 1. The van der Waals surface area contributed by atoms with Gasteiger partial charge in [0.05, 0.1) is 12.0 Å². The predicted octanol–water partition coefficient (Wildman–Crippen LogP) is 3.26. The number of benzene rings is 1.